The molecule has 0 radical (unpaired) electrons. The first-order valence-electron chi connectivity index (χ1n) is 51.2. The fourth-order valence-electron chi connectivity index (χ4n) is 21.9. The summed E-state index contributed by atoms with van der Waals surface area (Å²) in [6, 6.07) is 79.0. The molecule has 692 valence electrons. The lowest BCUT2D eigenvalue weighted by Gasteiger charge is -2.23. The number of carbonyl (C=O) groups excluding carboxylic acids is 4. The Labute approximate surface area is 798 Å². The molecule has 4 N–H and O–H groups in total. The molecule has 16 nitrogen and oxygen atoms in total. The first kappa shape index (κ1) is 92.9. The number of carbonyl (C=O) groups is 4. The quantitative estimate of drug-likeness (QED) is 0.0378. The number of benzene rings is 9. The summed E-state index contributed by atoms with van der Waals surface area (Å²) in [6.45, 7) is 0. The molecule has 8 aliphatic carbocycles. The second kappa shape index (κ2) is 46.6. The smallest absolute Gasteiger partial charge is 0.229 e. The van der Waals surface area contributed by atoms with Crippen LogP contribution in [0.2, 0.25) is 0 Å². The van der Waals surface area contributed by atoms with Gasteiger partial charge < -0.3 is 21.3 Å². The van der Waals surface area contributed by atoms with Gasteiger partial charge in [-0.1, -0.05) is 359 Å². The summed E-state index contributed by atoms with van der Waals surface area (Å²) in [6.07, 6.45) is 46.2. The minimum Gasteiger partial charge on any atom is -0.309 e. The lowest BCUT2D eigenvalue weighted by Crippen LogP contribution is -2.20. The standard InChI is InChI=1S/C32H33N3O.C30H35N3O.C29H33N3O.C28H31N3O/c36-30(21-23-14-16-24-10-4-5-12-26(24)20-23)35-32-29(18-15-22-8-2-1-3-9-22)33-31-27-13-7-6-11-25(27)17-19-28(31)34-32;34-28(17-9-14-22-10-3-1-4-11-22)33-30-27(20-18-23-12-5-2-6-13-23)31-29-25-16-8-7-15-24(25)19-21-26(29)32-30;33-27(20-16-22-11-5-2-6-12-22)32-29-26(18-15-21-9-3-1-4-10-21)30-28-24-14-8-7-13-23(24)17-19-25(28)31-29;32-26(19-21-11-5-2-6-12-21)31-28-25(17-15-20-9-3-1-4-10-20)29-27-23-14-8-7-13-22(23)16-18-24(27)30-28/h4-7,10-14,16,20,22H,1-3,8-9,15,17-19,21H2,(H,34,35,36);1,3-4,7-8,10-11,15-16,23H,2,5-6,9,12-14,17-21H2,(H,32,33,34);2,5-8,11-14,21H,1,3-4,9-10,15-20H2,(H,31,32,33);2,5-8,11-14,20H,1,3-4,9-10,15-19H2,(H,30,31,32). The Bertz CT molecular complexity index is 6210. The Morgan fingerprint density at radius 3 is 0.889 bits per heavy atom. The van der Waals surface area contributed by atoms with E-state index >= 15 is 0 Å². The zero-order valence-corrected chi connectivity index (χ0v) is 78.9. The van der Waals surface area contributed by atoms with E-state index < -0.39 is 0 Å². The molecule has 4 saturated carbocycles. The van der Waals surface area contributed by atoms with E-state index in [1.807, 2.05) is 72.8 Å². The van der Waals surface area contributed by atoms with Crippen LogP contribution in [0, 0.1) is 23.7 Å². The molecule has 135 heavy (non-hydrogen) atoms. The normalized spacial score (nSPS) is 15.5. The third-order valence-electron chi connectivity index (χ3n) is 29.4. The molecule has 0 saturated heterocycles. The molecule has 4 heterocycles. The molecule has 4 fully saturated rings. The number of nitrogens with zero attached hydrogens (tertiary/aromatic N) is 8. The number of aryl methyl sites for hydroxylation is 14. The summed E-state index contributed by atoms with van der Waals surface area (Å²) < 4.78 is 0. The SMILES string of the molecule is O=C(CCCc1ccccc1)Nc1nc2c(nc1CCC1CCCCC1)-c1ccccc1CC2.O=C(CCc1ccccc1)Nc1nc2c(nc1CCC1CCCCC1)-c1ccccc1CC2.O=C(Cc1ccc2ccccc2c1)Nc1nc2c(nc1CCC1CCCCC1)-c1ccccc1CC2.O=C(Cc1ccccc1)Nc1nc2c(nc1CCC1CCCCC1)-c1ccccc1CC2. The number of hydrogen-bond acceptors (Lipinski definition) is 12. The van der Waals surface area contributed by atoms with Crippen LogP contribution in [0.1, 0.15) is 263 Å². The Morgan fingerprint density at radius 1 is 0.244 bits per heavy atom. The van der Waals surface area contributed by atoms with Crippen LogP contribution in [-0.4, -0.2) is 63.5 Å². The monoisotopic (exact) mass is 1790 g/mol. The maximum absolute atomic E-state index is 13.2. The van der Waals surface area contributed by atoms with E-state index in [1.54, 1.807) is 0 Å². The topological polar surface area (TPSA) is 220 Å². The molecule has 21 rings (SSSR count). The molecule has 0 atom stereocenters. The average Bonchev–Trinajstić information content (AvgIpc) is 0.787. The number of fused-ring (bicyclic) bond motifs is 13. The van der Waals surface area contributed by atoms with Gasteiger partial charge in [-0.25, -0.2) is 39.9 Å². The van der Waals surface area contributed by atoms with Crippen molar-refractivity contribution in [2.45, 2.75) is 276 Å². The molecule has 4 aromatic heterocycles. The largest absolute Gasteiger partial charge is 0.309 e. The van der Waals surface area contributed by atoms with Crippen LogP contribution in [0.5, 0.6) is 0 Å². The number of amides is 4. The van der Waals surface area contributed by atoms with Gasteiger partial charge in [0.05, 0.1) is 81.2 Å². The maximum atomic E-state index is 13.2. The van der Waals surface area contributed by atoms with Crippen LogP contribution in [0.25, 0.3) is 55.8 Å². The van der Waals surface area contributed by atoms with E-state index in [-0.39, 0.29) is 23.6 Å². The van der Waals surface area contributed by atoms with Gasteiger partial charge in [0.2, 0.25) is 23.6 Å². The minimum absolute atomic E-state index is 0.0169. The van der Waals surface area contributed by atoms with Gasteiger partial charge in [0.1, 0.15) is 0 Å². The maximum Gasteiger partial charge on any atom is 0.229 e. The molecule has 9 aromatic carbocycles. The molecule has 13 aromatic rings. The van der Waals surface area contributed by atoms with Crippen LogP contribution >= 0.6 is 0 Å². The van der Waals surface area contributed by atoms with Crippen molar-refractivity contribution in [1.29, 1.82) is 0 Å². The molecule has 0 spiro atoms. The lowest BCUT2D eigenvalue weighted by molar-refractivity contribution is -0.117. The molecular formula is C119H132N12O4. The van der Waals surface area contributed by atoms with Crippen molar-refractivity contribution >= 4 is 57.7 Å². The van der Waals surface area contributed by atoms with Crippen molar-refractivity contribution in [3.05, 3.63) is 321 Å². The van der Waals surface area contributed by atoms with E-state index in [9.17, 15) is 19.2 Å². The van der Waals surface area contributed by atoms with Gasteiger partial charge in [-0.05, 0) is 201 Å². The van der Waals surface area contributed by atoms with Crippen LogP contribution in [-0.2, 0) is 122 Å². The van der Waals surface area contributed by atoms with Crippen molar-refractivity contribution in [2.24, 2.45) is 23.7 Å². The van der Waals surface area contributed by atoms with Gasteiger partial charge in [-0.2, -0.15) is 0 Å². The zero-order chi connectivity index (χ0) is 91.7. The zero-order valence-electron chi connectivity index (χ0n) is 78.9. The van der Waals surface area contributed by atoms with Crippen molar-refractivity contribution in [2.75, 3.05) is 21.3 Å². The van der Waals surface area contributed by atoms with E-state index in [0.717, 1.165) is 231 Å². The molecule has 0 unspecified atom stereocenters. The first-order chi connectivity index (χ1) is 66.5. The second-order valence-electron chi connectivity index (χ2n) is 39.1. The molecule has 4 amide bonds. The Hall–Kier alpha value is -12.6. The number of hydrogen-bond donors (Lipinski definition) is 4. The molecule has 8 aliphatic rings. The van der Waals surface area contributed by atoms with Gasteiger partial charge in [0.25, 0.3) is 0 Å². The average molecular weight is 1790 g/mol. The summed E-state index contributed by atoms with van der Waals surface area (Å²) in [5, 5.41) is 14.9. The predicted octanol–water partition coefficient (Wildman–Crippen LogP) is 26.1. The van der Waals surface area contributed by atoms with Crippen molar-refractivity contribution in [1.82, 2.24) is 39.9 Å². The third kappa shape index (κ3) is 25.2. The van der Waals surface area contributed by atoms with Crippen molar-refractivity contribution in [3.63, 3.8) is 0 Å². The Kier molecular flexibility index (Phi) is 32.1. The van der Waals surface area contributed by atoms with Crippen LogP contribution in [0.4, 0.5) is 23.3 Å². The fraction of sp³-hybridized carbons (Fsp3) is 0.395. The number of aromatic nitrogens is 8. The highest BCUT2D eigenvalue weighted by molar-refractivity contribution is 5.95. The van der Waals surface area contributed by atoms with Crippen molar-refractivity contribution in [3.8, 4) is 45.0 Å². The Morgan fingerprint density at radius 2 is 0.533 bits per heavy atom. The van der Waals surface area contributed by atoms with Gasteiger partial charge in [0, 0.05) is 35.1 Å². The van der Waals surface area contributed by atoms with E-state index in [4.69, 9.17) is 39.9 Å². The molecule has 0 aliphatic heterocycles. The lowest BCUT2D eigenvalue weighted by atomic mass is 9.85. The molecule has 0 bridgehead atoms. The molecule has 16 heteroatoms. The summed E-state index contributed by atoms with van der Waals surface area (Å²) in [5.41, 5.74) is 26.5. The van der Waals surface area contributed by atoms with Crippen LogP contribution in [0.15, 0.2) is 231 Å². The van der Waals surface area contributed by atoms with Gasteiger partial charge in [-0.3, -0.25) is 19.2 Å². The summed E-state index contributed by atoms with van der Waals surface area (Å²) in [7, 11) is 0. The van der Waals surface area contributed by atoms with Gasteiger partial charge in [-0.15, -0.1) is 0 Å². The highest BCUT2D eigenvalue weighted by Crippen LogP contribution is 2.41. The van der Waals surface area contributed by atoms with E-state index in [1.165, 1.54) is 189 Å². The Balaban J connectivity index is 0.000000120. The predicted molar refractivity (Wildman–Crippen MR) is 546 cm³/mol. The summed E-state index contributed by atoms with van der Waals surface area (Å²) in [4.78, 5) is 92.2. The van der Waals surface area contributed by atoms with Gasteiger partial charge >= 0.3 is 0 Å². The van der Waals surface area contributed by atoms with Gasteiger partial charge in [0.15, 0.2) is 23.3 Å². The first-order valence-corrected chi connectivity index (χ1v) is 51.2. The highest BCUT2D eigenvalue weighted by Gasteiger charge is 2.31. The summed E-state index contributed by atoms with van der Waals surface area (Å²) in [5.74, 6) is 5.76. The second-order valence-corrected chi connectivity index (χ2v) is 39.1. The van der Waals surface area contributed by atoms with E-state index in [2.05, 4.69) is 179 Å². The van der Waals surface area contributed by atoms with Crippen molar-refractivity contribution < 1.29 is 19.2 Å². The molecular weight excluding hydrogens is 1660 g/mol. The number of rotatable bonds is 27. The summed E-state index contributed by atoms with van der Waals surface area (Å²) >= 11 is 0. The van der Waals surface area contributed by atoms with Crippen LogP contribution in [0.3, 0.4) is 0 Å². The number of nitrogens with one attached hydrogen (secondary N) is 4. The minimum atomic E-state index is -0.0327. The fourth-order valence-corrected chi connectivity index (χ4v) is 21.9. The van der Waals surface area contributed by atoms with Crippen LogP contribution < -0.4 is 21.3 Å². The highest BCUT2D eigenvalue weighted by atomic mass is 16.2. The van der Waals surface area contributed by atoms with E-state index in [0.29, 0.717) is 49.0 Å². The third-order valence-corrected chi connectivity index (χ3v) is 29.4. The number of anilines is 4.